The van der Waals surface area contributed by atoms with Crippen LogP contribution >= 0.6 is 0 Å². The van der Waals surface area contributed by atoms with Crippen LogP contribution in [0.15, 0.2) is 18.2 Å². The summed E-state index contributed by atoms with van der Waals surface area (Å²) in [7, 11) is 0. The summed E-state index contributed by atoms with van der Waals surface area (Å²) in [6.45, 7) is 11.1. The molecule has 170 valence electrons. The van der Waals surface area contributed by atoms with Gasteiger partial charge in [0.25, 0.3) is 5.91 Å². The van der Waals surface area contributed by atoms with Crippen LogP contribution in [0.5, 0.6) is 5.75 Å². The fourth-order valence-electron chi connectivity index (χ4n) is 2.98. The lowest BCUT2D eigenvalue weighted by atomic mass is 9.96. The van der Waals surface area contributed by atoms with E-state index in [1.54, 1.807) is 25.1 Å². The molecule has 30 heavy (non-hydrogen) atoms. The van der Waals surface area contributed by atoms with Crippen molar-refractivity contribution < 1.29 is 23.8 Å². The molecule has 1 aromatic rings. The van der Waals surface area contributed by atoms with Crippen molar-refractivity contribution in [1.82, 2.24) is 0 Å². The molecule has 0 aromatic heterocycles. The zero-order valence-electron chi connectivity index (χ0n) is 19.3. The van der Waals surface area contributed by atoms with Gasteiger partial charge in [-0.15, -0.1) is 0 Å². The Morgan fingerprint density at radius 2 is 1.70 bits per heavy atom. The highest BCUT2D eigenvalue weighted by molar-refractivity contribution is 5.99. The smallest absolute Gasteiger partial charge is 0.341 e. The fraction of sp³-hybridized carbons (Fsp3) is 0.667. The molecular weight excluding hydrogens is 382 g/mol. The summed E-state index contributed by atoms with van der Waals surface area (Å²) < 4.78 is 16.9. The molecule has 1 aromatic carbocycles. The number of esters is 1. The molecule has 0 aliphatic carbocycles. The highest BCUT2D eigenvalue weighted by atomic mass is 16.5. The molecule has 1 atom stereocenters. The quantitative estimate of drug-likeness (QED) is 0.288. The van der Waals surface area contributed by atoms with E-state index in [0.717, 1.165) is 38.5 Å². The first-order chi connectivity index (χ1) is 14.4. The Morgan fingerprint density at radius 1 is 0.967 bits per heavy atom. The zero-order valence-corrected chi connectivity index (χ0v) is 19.3. The number of hydrogen-bond donors (Lipinski definition) is 1. The van der Waals surface area contributed by atoms with Gasteiger partial charge in [-0.3, -0.25) is 4.79 Å². The van der Waals surface area contributed by atoms with Gasteiger partial charge in [0.05, 0.1) is 13.2 Å². The summed E-state index contributed by atoms with van der Waals surface area (Å²) in [5.41, 5.74) is -0.0772. The molecule has 6 nitrogen and oxygen atoms in total. The maximum Gasteiger partial charge on any atom is 0.341 e. The number of anilines is 1. The molecule has 0 aliphatic rings. The van der Waals surface area contributed by atoms with Gasteiger partial charge in [0.2, 0.25) is 0 Å². The van der Waals surface area contributed by atoms with Gasteiger partial charge >= 0.3 is 5.97 Å². The molecule has 0 heterocycles. The number of carbonyl (C=O) groups is 2. The Kier molecular flexibility index (Phi) is 12.1. The Morgan fingerprint density at radius 3 is 2.33 bits per heavy atom. The number of rotatable bonds is 15. The van der Waals surface area contributed by atoms with E-state index in [-0.39, 0.29) is 12.5 Å². The monoisotopic (exact) mass is 421 g/mol. The standard InChI is InChI=1S/C24H39NO5/c1-6-10-12-15-24(5,30-16-8-3)23(27)25-19-13-14-21(29-17-11-7-2)20(18-19)22(26)28-9-4/h13-14,18H,6-12,15-17H2,1-5H3,(H,25,27)/t24-/m0/s1. The second-order valence-corrected chi connectivity index (χ2v) is 7.62. The first-order valence-corrected chi connectivity index (χ1v) is 11.3. The van der Waals surface area contributed by atoms with Crippen LogP contribution < -0.4 is 10.1 Å². The number of ether oxygens (including phenoxy) is 3. The molecule has 0 fully saturated rings. The van der Waals surface area contributed by atoms with E-state index in [9.17, 15) is 9.59 Å². The first-order valence-electron chi connectivity index (χ1n) is 11.3. The lowest BCUT2D eigenvalue weighted by Gasteiger charge is -2.29. The number of nitrogens with one attached hydrogen (secondary N) is 1. The highest BCUT2D eigenvalue weighted by Gasteiger charge is 2.33. The summed E-state index contributed by atoms with van der Waals surface area (Å²) >= 11 is 0. The molecular formula is C24H39NO5. The first kappa shape index (κ1) is 26.0. The zero-order chi connectivity index (χ0) is 22.4. The number of amides is 1. The van der Waals surface area contributed by atoms with Crippen molar-refractivity contribution in [2.75, 3.05) is 25.1 Å². The fourth-order valence-corrected chi connectivity index (χ4v) is 2.98. The minimum absolute atomic E-state index is 0.207. The van der Waals surface area contributed by atoms with Gasteiger partial charge < -0.3 is 19.5 Å². The van der Waals surface area contributed by atoms with Gasteiger partial charge in [0, 0.05) is 12.3 Å². The van der Waals surface area contributed by atoms with Gasteiger partial charge in [0.1, 0.15) is 16.9 Å². The van der Waals surface area contributed by atoms with E-state index >= 15 is 0 Å². The predicted octanol–water partition coefficient (Wildman–Crippen LogP) is 5.75. The van der Waals surface area contributed by atoms with Crippen LogP contribution in [-0.4, -0.2) is 37.3 Å². The molecule has 0 radical (unpaired) electrons. The Labute approximate surface area is 181 Å². The average Bonchev–Trinajstić information content (AvgIpc) is 2.73. The Bertz CT molecular complexity index is 661. The van der Waals surface area contributed by atoms with Gasteiger partial charge in [-0.1, -0.05) is 46.5 Å². The molecule has 0 bridgehead atoms. The molecule has 1 amide bonds. The number of benzene rings is 1. The number of carbonyl (C=O) groups excluding carboxylic acids is 2. The van der Waals surface area contributed by atoms with E-state index in [1.165, 1.54) is 0 Å². The second-order valence-electron chi connectivity index (χ2n) is 7.62. The topological polar surface area (TPSA) is 73.9 Å². The lowest BCUT2D eigenvalue weighted by Crippen LogP contribution is -2.43. The van der Waals surface area contributed by atoms with Crippen molar-refractivity contribution in [2.24, 2.45) is 0 Å². The second kappa shape index (κ2) is 14.0. The lowest BCUT2D eigenvalue weighted by molar-refractivity contribution is -0.140. The average molecular weight is 422 g/mol. The maximum absolute atomic E-state index is 13.1. The van der Waals surface area contributed by atoms with Crippen LogP contribution in [0.25, 0.3) is 0 Å². The number of unbranched alkanes of at least 4 members (excludes halogenated alkanes) is 3. The SMILES string of the molecule is CCCCC[C@](C)(OCCC)C(=O)Nc1ccc(OCCCC)c(C(=O)OCC)c1. The Balaban J connectivity index is 3.03. The van der Waals surface area contributed by atoms with Crippen molar-refractivity contribution in [3.8, 4) is 5.75 Å². The van der Waals surface area contributed by atoms with Crippen molar-refractivity contribution in [3.63, 3.8) is 0 Å². The van der Waals surface area contributed by atoms with E-state index in [2.05, 4.69) is 19.2 Å². The van der Waals surface area contributed by atoms with Crippen molar-refractivity contribution >= 4 is 17.6 Å². The van der Waals surface area contributed by atoms with Gasteiger partial charge in [-0.05, 0) is 51.3 Å². The highest BCUT2D eigenvalue weighted by Crippen LogP contribution is 2.27. The van der Waals surface area contributed by atoms with Gasteiger partial charge in [0.15, 0.2) is 0 Å². The summed E-state index contributed by atoms with van der Waals surface area (Å²) in [6.07, 6.45) is 6.43. The van der Waals surface area contributed by atoms with E-state index in [0.29, 0.717) is 36.6 Å². The normalized spacial score (nSPS) is 12.8. The van der Waals surface area contributed by atoms with Crippen molar-refractivity contribution in [1.29, 1.82) is 0 Å². The third-order valence-electron chi connectivity index (χ3n) is 4.85. The molecule has 0 saturated carbocycles. The molecule has 6 heteroatoms. The summed E-state index contributed by atoms with van der Waals surface area (Å²) in [5, 5.41) is 2.92. The van der Waals surface area contributed by atoms with Crippen LogP contribution in [0.4, 0.5) is 5.69 Å². The van der Waals surface area contributed by atoms with Crippen LogP contribution in [0.1, 0.15) is 89.9 Å². The minimum Gasteiger partial charge on any atom is -0.493 e. The van der Waals surface area contributed by atoms with Crippen LogP contribution in [0.3, 0.4) is 0 Å². The molecule has 0 saturated heterocycles. The van der Waals surface area contributed by atoms with Crippen LogP contribution in [0, 0.1) is 0 Å². The molecule has 0 aliphatic heterocycles. The van der Waals surface area contributed by atoms with E-state index in [1.807, 2.05) is 13.8 Å². The van der Waals surface area contributed by atoms with E-state index in [4.69, 9.17) is 14.2 Å². The molecule has 1 rings (SSSR count). The third kappa shape index (κ3) is 8.34. The van der Waals surface area contributed by atoms with Crippen molar-refractivity contribution in [2.45, 2.75) is 85.2 Å². The molecule has 0 spiro atoms. The van der Waals surface area contributed by atoms with Crippen LogP contribution in [0.2, 0.25) is 0 Å². The molecule has 1 N–H and O–H groups in total. The summed E-state index contributed by atoms with van der Waals surface area (Å²) in [6, 6.07) is 5.07. The largest absolute Gasteiger partial charge is 0.493 e. The summed E-state index contributed by atoms with van der Waals surface area (Å²) in [4.78, 5) is 25.5. The van der Waals surface area contributed by atoms with E-state index < -0.39 is 11.6 Å². The number of hydrogen-bond acceptors (Lipinski definition) is 5. The third-order valence-corrected chi connectivity index (χ3v) is 4.85. The van der Waals surface area contributed by atoms with Gasteiger partial charge in [-0.2, -0.15) is 0 Å². The maximum atomic E-state index is 13.1. The summed E-state index contributed by atoms with van der Waals surface area (Å²) in [5.74, 6) is -0.206. The molecule has 0 unspecified atom stereocenters. The Hall–Kier alpha value is -2.08. The predicted molar refractivity (Wildman–Crippen MR) is 120 cm³/mol. The van der Waals surface area contributed by atoms with Gasteiger partial charge in [-0.25, -0.2) is 4.79 Å². The van der Waals surface area contributed by atoms with Crippen molar-refractivity contribution in [3.05, 3.63) is 23.8 Å². The minimum atomic E-state index is -0.911. The van der Waals surface area contributed by atoms with Crippen LogP contribution in [-0.2, 0) is 14.3 Å².